The van der Waals surface area contributed by atoms with Crippen molar-refractivity contribution in [3.63, 3.8) is 0 Å². The third-order valence-electron chi connectivity index (χ3n) is 6.70. The fourth-order valence-electron chi connectivity index (χ4n) is 4.76. The first-order chi connectivity index (χ1) is 17.5. The van der Waals surface area contributed by atoms with Crippen LogP contribution < -0.4 is 10.6 Å². The van der Waals surface area contributed by atoms with Crippen molar-refractivity contribution in [1.82, 2.24) is 19.7 Å². The van der Waals surface area contributed by atoms with Gasteiger partial charge in [-0.2, -0.15) is 9.78 Å². The number of hydrogen-bond acceptors (Lipinski definition) is 4. The summed E-state index contributed by atoms with van der Waals surface area (Å²) in [4.78, 5) is 25.8. The van der Waals surface area contributed by atoms with Crippen molar-refractivity contribution in [3.05, 3.63) is 89.9 Å². The largest absolute Gasteiger partial charge is 0.507 e. The van der Waals surface area contributed by atoms with Crippen molar-refractivity contribution in [2.45, 2.75) is 38.1 Å². The number of aryl methyl sites for hydroxylation is 1. The van der Waals surface area contributed by atoms with Gasteiger partial charge in [0.1, 0.15) is 11.4 Å². The predicted molar refractivity (Wildman–Crippen MR) is 138 cm³/mol. The molecule has 2 aromatic carbocycles. The minimum atomic E-state index is -0.306. The predicted octanol–water partition coefficient (Wildman–Crippen LogP) is 5.26. The van der Waals surface area contributed by atoms with Crippen LogP contribution in [0.4, 0.5) is 10.5 Å². The van der Waals surface area contributed by atoms with E-state index in [1.165, 1.54) is 10.7 Å². The molecule has 0 aliphatic heterocycles. The lowest BCUT2D eigenvalue weighted by Crippen LogP contribution is -2.30. The van der Waals surface area contributed by atoms with Gasteiger partial charge >= 0.3 is 6.03 Å². The van der Waals surface area contributed by atoms with E-state index in [-0.39, 0.29) is 23.6 Å². The number of nitrogens with zero attached hydrogens (tertiary/aromatic N) is 3. The number of aromatic nitrogens is 3. The number of hydrogen-bond donors (Lipinski definition) is 3. The lowest BCUT2D eigenvalue weighted by molar-refractivity contribution is 0.101. The third kappa shape index (κ3) is 4.88. The molecule has 36 heavy (non-hydrogen) atoms. The minimum Gasteiger partial charge on any atom is -0.507 e. The fraction of sp³-hybridized carbons (Fsp3) is 0.250. The molecule has 1 fully saturated rings. The number of carbonyl (C=O) groups is 2. The molecule has 2 heterocycles. The number of phenolic OH excluding ortho intramolecular Hbond substituents is 1. The van der Waals surface area contributed by atoms with Gasteiger partial charge in [0.05, 0.1) is 11.4 Å². The monoisotopic (exact) mass is 483 g/mol. The van der Waals surface area contributed by atoms with Gasteiger partial charge in [0, 0.05) is 37.0 Å². The van der Waals surface area contributed by atoms with E-state index in [9.17, 15) is 14.7 Å². The van der Waals surface area contributed by atoms with Crippen LogP contribution in [0.2, 0.25) is 0 Å². The SMILES string of the molecule is Cn1cccc1C(=O)Nc1ccc(O)c(-c2cc(C3CCCC3)n(C(=O)NCc3ccccc3)n2)c1. The smallest absolute Gasteiger partial charge is 0.342 e. The molecule has 4 aromatic rings. The Hall–Kier alpha value is -4.33. The number of anilines is 1. The summed E-state index contributed by atoms with van der Waals surface area (Å²) in [5, 5.41) is 21.1. The molecule has 0 bridgehead atoms. The minimum absolute atomic E-state index is 0.0270. The molecular weight excluding hydrogens is 454 g/mol. The summed E-state index contributed by atoms with van der Waals surface area (Å²) < 4.78 is 3.17. The van der Waals surface area contributed by atoms with Crippen LogP contribution in [0, 0.1) is 0 Å². The van der Waals surface area contributed by atoms with Crippen molar-refractivity contribution in [2.24, 2.45) is 7.05 Å². The van der Waals surface area contributed by atoms with Gasteiger partial charge in [-0.05, 0) is 54.8 Å². The highest BCUT2D eigenvalue weighted by Gasteiger charge is 2.26. The van der Waals surface area contributed by atoms with Gasteiger partial charge in [0.25, 0.3) is 5.91 Å². The second kappa shape index (κ2) is 10.1. The van der Waals surface area contributed by atoms with Crippen molar-refractivity contribution in [3.8, 4) is 17.0 Å². The molecule has 1 aliphatic rings. The Balaban J connectivity index is 1.43. The molecule has 0 radical (unpaired) electrons. The highest BCUT2D eigenvalue weighted by atomic mass is 16.3. The molecule has 1 aliphatic carbocycles. The molecular formula is C28H29N5O3. The Labute approximate surface area is 209 Å². The van der Waals surface area contributed by atoms with E-state index >= 15 is 0 Å². The Morgan fingerprint density at radius 1 is 1.03 bits per heavy atom. The van der Waals surface area contributed by atoms with Crippen molar-refractivity contribution in [2.75, 3.05) is 5.32 Å². The van der Waals surface area contributed by atoms with Crippen LogP contribution in [0.5, 0.6) is 5.75 Å². The molecule has 8 heteroatoms. The van der Waals surface area contributed by atoms with Gasteiger partial charge in [-0.25, -0.2) is 4.79 Å². The standard InChI is InChI=1S/C28H29N5O3/c1-32-15-7-12-24(32)27(35)30-21-13-14-26(34)22(16-21)23-17-25(20-10-5-6-11-20)33(31-23)28(36)29-18-19-8-3-2-4-9-19/h2-4,7-9,12-17,20,34H,5-6,10-11,18H2,1H3,(H,29,36)(H,30,35). The van der Waals surface area contributed by atoms with Crippen LogP contribution >= 0.6 is 0 Å². The van der Waals surface area contributed by atoms with Gasteiger partial charge in [-0.1, -0.05) is 43.2 Å². The summed E-state index contributed by atoms with van der Waals surface area (Å²) >= 11 is 0. The summed E-state index contributed by atoms with van der Waals surface area (Å²) in [5.41, 5.74) is 3.82. The normalized spacial score (nSPS) is 13.6. The van der Waals surface area contributed by atoms with Crippen LogP contribution in [0.3, 0.4) is 0 Å². The van der Waals surface area contributed by atoms with Crippen LogP contribution in [0.15, 0.2) is 72.9 Å². The number of amides is 2. The van der Waals surface area contributed by atoms with Gasteiger partial charge < -0.3 is 20.3 Å². The Morgan fingerprint density at radius 3 is 2.53 bits per heavy atom. The van der Waals surface area contributed by atoms with Crippen molar-refractivity contribution < 1.29 is 14.7 Å². The first kappa shape index (κ1) is 23.4. The van der Waals surface area contributed by atoms with Gasteiger partial charge in [0.15, 0.2) is 0 Å². The van der Waals surface area contributed by atoms with E-state index in [2.05, 4.69) is 15.7 Å². The first-order valence-electron chi connectivity index (χ1n) is 12.2. The molecule has 0 atom stereocenters. The Kier molecular flexibility index (Phi) is 6.58. The molecule has 0 spiro atoms. The fourth-order valence-corrected chi connectivity index (χ4v) is 4.76. The summed E-state index contributed by atoms with van der Waals surface area (Å²) in [6.45, 7) is 0.394. The highest BCUT2D eigenvalue weighted by Crippen LogP contribution is 2.38. The molecule has 3 N–H and O–H groups in total. The molecule has 1 saturated carbocycles. The third-order valence-corrected chi connectivity index (χ3v) is 6.70. The molecule has 0 saturated heterocycles. The maximum absolute atomic E-state index is 13.2. The highest BCUT2D eigenvalue weighted by molar-refractivity contribution is 6.03. The average Bonchev–Trinajstić information content (AvgIpc) is 3.65. The number of phenols is 1. The zero-order valence-electron chi connectivity index (χ0n) is 20.1. The molecule has 2 amide bonds. The van der Waals surface area contributed by atoms with E-state index in [1.54, 1.807) is 42.1 Å². The second-order valence-electron chi connectivity index (χ2n) is 9.18. The van der Waals surface area contributed by atoms with E-state index in [1.807, 2.05) is 36.4 Å². The summed E-state index contributed by atoms with van der Waals surface area (Å²) in [6, 6.07) is 19.7. The number of benzene rings is 2. The zero-order valence-corrected chi connectivity index (χ0v) is 20.1. The van der Waals surface area contributed by atoms with Gasteiger partial charge in [-0.3, -0.25) is 4.79 Å². The van der Waals surface area contributed by atoms with E-state index in [4.69, 9.17) is 0 Å². The maximum Gasteiger partial charge on any atom is 0.342 e. The van der Waals surface area contributed by atoms with Crippen molar-refractivity contribution in [1.29, 1.82) is 0 Å². The van der Waals surface area contributed by atoms with Crippen LogP contribution in [-0.4, -0.2) is 31.4 Å². The lowest BCUT2D eigenvalue weighted by atomic mass is 10.0. The van der Waals surface area contributed by atoms with E-state index < -0.39 is 0 Å². The summed E-state index contributed by atoms with van der Waals surface area (Å²) in [6.07, 6.45) is 6.02. The van der Waals surface area contributed by atoms with Gasteiger partial charge in [-0.15, -0.1) is 0 Å². The van der Waals surface area contributed by atoms with Crippen LogP contribution in [0.1, 0.15) is 53.3 Å². The topological polar surface area (TPSA) is 101 Å². The molecule has 184 valence electrons. The number of carbonyl (C=O) groups excluding carboxylic acids is 2. The Bertz CT molecular complexity index is 1380. The molecule has 8 nitrogen and oxygen atoms in total. The summed E-state index contributed by atoms with van der Waals surface area (Å²) in [5.74, 6) is 0.00637. The molecule has 0 unspecified atom stereocenters. The summed E-state index contributed by atoms with van der Waals surface area (Å²) in [7, 11) is 1.80. The van der Waals surface area contributed by atoms with E-state index in [0.29, 0.717) is 29.2 Å². The number of rotatable bonds is 6. The quantitative estimate of drug-likeness (QED) is 0.326. The number of aromatic hydroxyl groups is 1. The second-order valence-corrected chi connectivity index (χ2v) is 9.18. The number of nitrogens with one attached hydrogen (secondary N) is 2. The molecule has 2 aromatic heterocycles. The lowest BCUT2D eigenvalue weighted by Gasteiger charge is -2.12. The maximum atomic E-state index is 13.2. The van der Waals surface area contributed by atoms with Crippen molar-refractivity contribution >= 4 is 17.6 Å². The van der Waals surface area contributed by atoms with E-state index in [0.717, 1.165) is 36.9 Å². The average molecular weight is 484 g/mol. The molecule has 5 rings (SSSR count). The zero-order chi connectivity index (χ0) is 25.1. The van der Waals surface area contributed by atoms with Crippen LogP contribution in [-0.2, 0) is 13.6 Å². The van der Waals surface area contributed by atoms with Gasteiger partial charge in [0.2, 0.25) is 0 Å². The van der Waals surface area contributed by atoms with Crippen LogP contribution in [0.25, 0.3) is 11.3 Å². The first-order valence-corrected chi connectivity index (χ1v) is 12.2. The Morgan fingerprint density at radius 2 is 1.81 bits per heavy atom.